The Kier molecular flexibility index (Phi) is 5.82. The third-order valence-corrected chi connectivity index (χ3v) is 3.43. The Hall–Kier alpha value is -2.50. The average Bonchev–Trinajstić information content (AvgIpc) is 3.06. The first-order valence-electron chi connectivity index (χ1n) is 7.48. The van der Waals surface area contributed by atoms with Gasteiger partial charge in [-0.1, -0.05) is 18.2 Å². The molecule has 2 amide bonds. The highest BCUT2D eigenvalue weighted by Crippen LogP contribution is 2.14. The lowest BCUT2D eigenvalue weighted by atomic mass is 10.2. The number of nitrogens with two attached hydrogens (primary N) is 1. The van der Waals surface area contributed by atoms with Gasteiger partial charge >= 0.3 is 6.03 Å². The molecule has 1 heterocycles. The number of anilines is 1. The monoisotopic (exact) mass is 301 g/mol. The molecule has 0 atom stereocenters. The average molecular weight is 301 g/mol. The topological polar surface area (TPSA) is 82.7 Å². The van der Waals surface area contributed by atoms with Crippen molar-refractivity contribution in [3.05, 3.63) is 42.5 Å². The summed E-state index contributed by atoms with van der Waals surface area (Å²) in [6.45, 7) is 6.32. The Morgan fingerprint density at radius 2 is 2.18 bits per heavy atom. The first-order chi connectivity index (χ1) is 10.7. The van der Waals surface area contributed by atoms with E-state index in [1.54, 1.807) is 6.08 Å². The molecule has 0 spiro atoms. The van der Waals surface area contributed by atoms with Crippen LogP contribution in [0.1, 0.15) is 18.4 Å². The second kappa shape index (κ2) is 8.07. The second-order valence-corrected chi connectivity index (χ2v) is 5.20. The molecule has 2 rings (SSSR count). The summed E-state index contributed by atoms with van der Waals surface area (Å²) in [5.74, 6) is 0.381. The molecule has 1 fully saturated rings. The van der Waals surface area contributed by atoms with E-state index in [0.717, 1.165) is 37.2 Å². The zero-order chi connectivity index (χ0) is 15.8. The van der Waals surface area contributed by atoms with Crippen LogP contribution in [-0.2, 0) is 6.54 Å². The van der Waals surface area contributed by atoms with Crippen LogP contribution in [0.4, 0.5) is 10.5 Å². The van der Waals surface area contributed by atoms with Gasteiger partial charge in [-0.25, -0.2) is 9.79 Å². The van der Waals surface area contributed by atoms with Gasteiger partial charge in [-0.05, 0) is 30.5 Å². The lowest BCUT2D eigenvalue weighted by Gasteiger charge is -2.16. The Bertz CT molecular complexity index is 549. The van der Waals surface area contributed by atoms with Crippen LogP contribution in [-0.4, -0.2) is 36.5 Å². The smallest absolute Gasteiger partial charge is 0.321 e. The molecule has 4 N–H and O–H groups in total. The number of aliphatic imine (C=N–C) groups is 1. The molecule has 6 nitrogen and oxygen atoms in total. The molecule has 1 aromatic rings. The van der Waals surface area contributed by atoms with Gasteiger partial charge in [0.05, 0.1) is 6.54 Å². The van der Waals surface area contributed by atoms with Gasteiger partial charge in [-0.3, -0.25) is 0 Å². The number of benzene rings is 1. The number of nitrogens with zero attached hydrogens (tertiary/aromatic N) is 2. The van der Waals surface area contributed by atoms with E-state index >= 15 is 0 Å². The van der Waals surface area contributed by atoms with E-state index < -0.39 is 0 Å². The molecule has 0 bridgehead atoms. The molecule has 1 aliphatic heterocycles. The van der Waals surface area contributed by atoms with Crippen LogP contribution < -0.4 is 16.4 Å². The minimum absolute atomic E-state index is 0.0367. The lowest BCUT2D eigenvalue weighted by molar-refractivity contribution is 0.222. The Morgan fingerprint density at radius 3 is 2.91 bits per heavy atom. The van der Waals surface area contributed by atoms with Gasteiger partial charge in [0.1, 0.15) is 0 Å². The number of hydrogen-bond acceptors (Lipinski definition) is 2. The third kappa shape index (κ3) is 4.80. The van der Waals surface area contributed by atoms with E-state index in [2.05, 4.69) is 22.2 Å². The maximum Gasteiger partial charge on any atom is 0.321 e. The fourth-order valence-corrected chi connectivity index (χ4v) is 2.28. The molecule has 118 valence electrons. The van der Waals surface area contributed by atoms with Crippen LogP contribution in [0, 0.1) is 0 Å². The van der Waals surface area contributed by atoms with Crippen molar-refractivity contribution in [2.75, 3.05) is 25.0 Å². The first-order valence-corrected chi connectivity index (χ1v) is 7.48. The van der Waals surface area contributed by atoms with Gasteiger partial charge in [0, 0.05) is 25.3 Å². The zero-order valence-electron chi connectivity index (χ0n) is 12.7. The highest BCUT2D eigenvalue weighted by Gasteiger charge is 2.17. The van der Waals surface area contributed by atoms with Crippen LogP contribution in [0.3, 0.4) is 0 Å². The van der Waals surface area contributed by atoms with E-state index in [1.165, 1.54) is 0 Å². The zero-order valence-corrected chi connectivity index (χ0v) is 12.7. The maximum atomic E-state index is 12.1. The molecule has 0 radical (unpaired) electrons. The normalized spacial score (nSPS) is 14.7. The Morgan fingerprint density at radius 1 is 1.41 bits per heavy atom. The fourth-order valence-electron chi connectivity index (χ4n) is 2.28. The molecule has 1 aromatic carbocycles. The van der Waals surface area contributed by atoms with E-state index in [1.807, 2.05) is 29.2 Å². The minimum Gasteiger partial charge on any atom is -0.370 e. The van der Waals surface area contributed by atoms with Crippen molar-refractivity contribution in [3.63, 3.8) is 0 Å². The van der Waals surface area contributed by atoms with Crippen molar-refractivity contribution >= 4 is 17.7 Å². The van der Waals surface area contributed by atoms with Crippen molar-refractivity contribution in [2.24, 2.45) is 10.7 Å². The van der Waals surface area contributed by atoms with Gasteiger partial charge in [-0.2, -0.15) is 0 Å². The number of likely N-dealkylation sites (tertiary alicyclic amines) is 1. The lowest BCUT2D eigenvalue weighted by Crippen LogP contribution is -2.32. The van der Waals surface area contributed by atoms with E-state index in [4.69, 9.17) is 5.73 Å². The van der Waals surface area contributed by atoms with E-state index in [-0.39, 0.29) is 6.03 Å². The number of carbonyl (C=O) groups is 1. The van der Waals surface area contributed by atoms with Gasteiger partial charge in [-0.15, -0.1) is 6.58 Å². The highest BCUT2D eigenvalue weighted by atomic mass is 16.2. The Labute approximate surface area is 131 Å². The van der Waals surface area contributed by atoms with E-state index in [9.17, 15) is 4.79 Å². The van der Waals surface area contributed by atoms with Crippen LogP contribution in [0.25, 0.3) is 0 Å². The first kappa shape index (κ1) is 15.9. The predicted octanol–water partition coefficient (Wildman–Crippen LogP) is 1.90. The van der Waals surface area contributed by atoms with Crippen LogP contribution in [0.2, 0.25) is 0 Å². The summed E-state index contributed by atoms with van der Waals surface area (Å²) >= 11 is 0. The predicted molar refractivity (Wildman–Crippen MR) is 89.8 cm³/mol. The number of hydrogen-bond donors (Lipinski definition) is 3. The number of urea groups is 1. The highest BCUT2D eigenvalue weighted by molar-refractivity contribution is 5.89. The minimum atomic E-state index is -0.0367. The number of amides is 2. The molecule has 0 aromatic heterocycles. The molecule has 0 aliphatic carbocycles. The van der Waals surface area contributed by atoms with Gasteiger partial charge in [0.2, 0.25) is 0 Å². The van der Waals surface area contributed by atoms with Crippen molar-refractivity contribution in [1.29, 1.82) is 0 Å². The second-order valence-electron chi connectivity index (χ2n) is 5.20. The summed E-state index contributed by atoms with van der Waals surface area (Å²) in [6.07, 6.45) is 3.88. The summed E-state index contributed by atoms with van der Waals surface area (Å²) in [6, 6.07) is 7.61. The summed E-state index contributed by atoms with van der Waals surface area (Å²) in [5, 5.41) is 5.84. The molecule has 1 aliphatic rings. The van der Waals surface area contributed by atoms with Crippen molar-refractivity contribution in [1.82, 2.24) is 10.2 Å². The number of rotatable bonds is 5. The largest absolute Gasteiger partial charge is 0.370 e. The van der Waals surface area contributed by atoms with Gasteiger partial charge in [0.25, 0.3) is 0 Å². The Balaban J connectivity index is 1.91. The van der Waals surface area contributed by atoms with Crippen molar-refractivity contribution < 1.29 is 4.79 Å². The molecule has 0 unspecified atom stereocenters. The third-order valence-electron chi connectivity index (χ3n) is 3.43. The number of guanidine groups is 1. The molecule has 0 saturated carbocycles. The van der Waals surface area contributed by atoms with Gasteiger partial charge in [0.15, 0.2) is 5.96 Å². The number of carbonyl (C=O) groups excluding carboxylic acids is 1. The molecule has 22 heavy (non-hydrogen) atoms. The molecular formula is C16H23N5O. The molecule has 1 saturated heterocycles. The summed E-state index contributed by atoms with van der Waals surface area (Å²) in [7, 11) is 0. The summed E-state index contributed by atoms with van der Waals surface area (Å²) < 4.78 is 0. The summed E-state index contributed by atoms with van der Waals surface area (Å²) in [4.78, 5) is 18.1. The standard InChI is InChI=1S/C16H23N5O/c1-2-8-18-15(17)19-12-13-6-5-7-14(11-13)20-16(22)21-9-3-4-10-21/h2,5-7,11H,1,3-4,8-10,12H2,(H,20,22)(H3,17,18,19). The summed E-state index contributed by atoms with van der Waals surface area (Å²) in [5.41, 5.74) is 7.49. The quantitative estimate of drug-likeness (QED) is 0.441. The van der Waals surface area contributed by atoms with Crippen LogP contribution >= 0.6 is 0 Å². The van der Waals surface area contributed by atoms with Crippen molar-refractivity contribution in [3.8, 4) is 0 Å². The van der Waals surface area contributed by atoms with Gasteiger partial charge < -0.3 is 21.3 Å². The molecular weight excluding hydrogens is 278 g/mol. The van der Waals surface area contributed by atoms with Crippen LogP contribution in [0.5, 0.6) is 0 Å². The number of nitrogens with one attached hydrogen (secondary N) is 2. The van der Waals surface area contributed by atoms with Crippen molar-refractivity contribution in [2.45, 2.75) is 19.4 Å². The fraction of sp³-hybridized carbons (Fsp3) is 0.375. The van der Waals surface area contributed by atoms with E-state index in [0.29, 0.717) is 19.0 Å². The van der Waals surface area contributed by atoms with Crippen LogP contribution in [0.15, 0.2) is 41.9 Å². The SMILES string of the molecule is C=CCNC(N)=NCc1cccc(NC(=O)N2CCCC2)c1. The maximum absolute atomic E-state index is 12.1. The molecule has 6 heteroatoms.